The van der Waals surface area contributed by atoms with Gasteiger partial charge >= 0.3 is 0 Å². The lowest BCUT2D eigenvalue weighted by Crippen LogP contribution is -2.63. The van der Waals surface area contributed by atoms with Crippen molar-refractivity contribution < 1.29 is 39.2 Å². The largest absolute Gasteiger partial charge is 0.510 e. The molecule has 0 bridgehead atoms. The number of phenolic OH excluding ortho intramolecular Hbond substituents is 1. The second-order valence-electron chi connectivity index (χ2n) is 10.1. The number of allylic oxidation sites excluding steroid dienone is 1. The molecule has 4 aliphatic rings. The first-order valence-corrected chi connectivity index (χ1v) is 12.2. The minimum atomic E-state index is -2.64. The van der Waals surface area contributed by atoms with Gasteiger partial charge in [-0.25, -0.2) is 4.39 Å². The molecule has 5 rings (SSSR count). The molecular formula is C26H29FN2O7. The van der Waals surface area contributed by atoms with E-state index in [-0.39, 0.29) is 41.1 Å². The molecular weight excluding hydrogens is 471 g/mol. The van der Waals surface area contributed by atoms with E-state index in [1.807, 2.05) is 0 Å². The van der Waals surface area contributed by atoms with Crippen molar-refractivity contribution in [2.24, 2.45) is 11.8 Å². The molecule has 9 nitrogen and oxygen atoms in total. The van der Waals surface area contributed by atoms with Crippen molar-refractivity contribution in [1.82, 2.24) is 10.6 Å². The summed E-state index contributed by atoms with van der Waals surface area (Å²) in [6.45, 7) is 3.82. The van der Waals surface area contributed by atoms with Crippen LogP contribution in [-0.4, -0.2) is 62.5 Å². The van der Waals surface area contributed by atoms with Crippen LogP contribution in [0.4, 0.5) is 4.39 Å². The van der Waals surface area contributed by atoms with E-state index in [4.69, 9.17) is 0 Å². The zero-order valence-corrected chi connectivity index (χ0v) is 20.0. The van der Waals surface area contributed by atoms with E-state index >= 15 is 4.39 Å². The van der Waals surface area contributed by atoms with Gasteiger partial charge in [-0.3, -0.25) is 14.4 Å². The lowest BCUT2D eigenvalue weighted by atomic mass is 9.58. The number of ketones is 3. The van der Waals surface area contributed by atoms with E-state index in [0.717, 1.165) is 13.3 Å². The number of likely N-dealkylation sites (N-methyl/N-ethyl adjacent to an activating group) is 1. The predicted molar refractivity (Wildman–Crippen MR) is 125 cm³/mol. The van der Waals surface area contributed by atoms with Crippen LogP contribution in [0.3, 0.4) is 0 Å². The van der Waals surface area contributed by atoms with Crippen LogP contribution in [0.15, 0.2) is 28.7 Å². The number of carbonyl (C=O) groups excluding carboxylic acids is 3. The summed E-state index contributed by atoms with van der Waals surface area (Å²) in [6, 6.07) is -0.127. The molecule has 1 unspecified atom stereocenters. The highest BCUT2D eigenvalue weighted by molar-refractivity contribution is 6.25. The van der Waals surface area contributed by atoms with Gasteiger partial charge in [0.15, 0.2) is 17.2 Å². The summed E-state index contributed by atoms with van der Waals surface area (Å²) in [5.41, 5.74) is -3.56. The summed E-state index contributed by atoms with van der Waals surface area (Å²) < 4.78 is 15.7. The second kappa shape index (κ2) is 8.50. The highest BCUT2D eigenvalue weighted by atomic mass is 19.1. The summed E-state index contributed by atoms with van der Waals surface area (Å²) in [6.07, 6.45) is 1.43. The third kappa shape index (κ3) is 3.21. The maximum Gasteiger partial charge on any atom is 0.209 e. The molecule has 1 fully saturated rings. The number of Topliss-reactive ketones (excluding diaryl/α,β-unsaturated/α-hetero) is 3. The lowest BCUT2D eigenvalue weighted by molar-refractivity contribution is -0.146. The van der Waals surface area contributed by atoms with Gasteiger partial charge in [-0.15, -0.1) is 0 Å². The van der Waals surface area contributed by atoms with Gasteiger partial charge in [-0.1, -0.05) is 6.92 Å². The number of phenols is 1. The van der Waals surface area contributed by atoms with Crippen molar-refractivity contribution in [2.45, 2.75) is 57.2 Å². The van der Waals surface area contributed by atoms with Crippen LogP contribution in [0.5, 0.6) is 5.75 Å². The third-order valence-corrected chi connectivity index (χ3v) is 8.13. The van der Waals surface area contributed by atoms with Crippen molar-refractivity contribution >= 4 is 17.3 Å². The van der Waals surface area contributed by atoms with Gasteiger partial charge in [0.05, 0.1) is 11.6 Å². The maximum absolute atomic E-state index is 15.7. The van der Waals surface area contributed by atoms with Gasteiger partial charge in [0.2, 0.25) is 5.78 Å². The molecule has 1 aliphatic heterocycles. The SMILES string of the molecule is CCN[C@@H]1C(O)=C(C(C)=O)C(=O)[C@@]2(O)C(O)=C3C(=O)c4c(O)cc(C5CCCN5)c(F)c4C[C@H]3C[C@@H]12. The number of aliphatic hydroxyl groups is 3. The smallest absolute Gasteiger partial charge is 0.209 e. The van der Waals surface area contributed by atoms with Crippen molar-refractivity contribution in [3.05, 3.63) is 51.2 Å². The molecule has 1 aromatic carbocycles. The Morgan fingerprint density at radius 3 is 2.61 bits per heavy atom. The van der Waals surface area contributed by atoms with Crippen molar-refractivity contribution in [2.75, 3.05) is 13.1 Å². The average Bonchev–Trinajstić information content (AvgIpc) is 3.35. The Bertz CT molecular complexity index is 1260. The van der Waals surface area contributed by atoms with Crippen LogP contribution in [0, 0.1) is 17.7 Å². The number of aliphatic hydroxyl groups excluding tert-OH is 2. The van der Waals surface area contributed by atoms with Crippen molar-refractivity contribution in [3.63, 3.8) is 0 Å². The van der Waals surface area contributed by atoms with Gasteiger partial charge in [0.25, 0.3) is 0 Å². The molecule has 3 aliphatic carbocycles. The average molecular weight is 501 g/mol. The van der Waals surface area contributed by atoms with Crippen LogP contribution in [0.1, 0.15) is 60.6 Å². The number of benzene rings is 1. The topological polar surface area (TPSA) is 156 Å². The summed E-state index contributed by atoms with van der Waals surface area (Å²) in [7, 11) is 0. The van der Waals surface area contributed by atoms with E-state index in [0.29, 0.717) is 19.5 Å². The number of hydrogen-bond acceptors (Lipinski definition) is 9. The summed E-state index contributed by atoms with van der Waals surface area (Å²) in [4.78, 5) is 39.1. The monoisotopic (exact) mass is 500 g/mol. The predicted octanol–water partition coefficient (Wildman–Crippen LogP) is 1.84. The molecule has 10 heteroatoms. The number of hydrogen-bond donors (Lipinski definition) is 6. The zero-order valence-electron chi connectivity index (χ0n) is 20.0. The highest BCUT2D eigenvalue weighted by Crippen LogP contribution is 2.52. The summed E-state index contributed by atoms with van der Waals surface area (Å²) in [5, 5.41) is 50.5. The van der Waals surface area contributed by atoms with Gasteiger partial charge in [0.1, 0.15) is 28.7 Å². The van der Waals surface area contributed by atoms with Gasteiger partial charge in [0, 0.05) is 28.7 Å². The molecule has 0 amide bonds. The molecule has 0 radical (unpaired) electrons. The molecule has 1 heterocycles. The number of aromatic hydroxyl groups is 1. The quantitative estimate of drug-likeness (QED) is 0.340. The lowest BCUT2D eigenvalue weighted by Gasteiger charge is -2.49. The van der Waals surface area contributed by atoms with Crippen LogP contribution < -0.4 is 10.6 Å². The molecule has 1 aromatic rings. The Balaban J connectivity index is 1.68. The standard InChI is InChI=1S/C26H29FN2O7/c1-3-28-21-14-8-11-7-13-19(16(31)9-12(20(13)27)15-5-4-6-29-15)22(32)18(11)25(35)26(14,36)24(34)17(10(2)30)23(21)33/h9,11,14-15,21,28-29,31,33,35-36H,3-8H2,1-2H3/t11-,14-,15?,21-,26+/m0/s1. The fourth-order valence-corrected chi connectivity index (χ4v) is 6.50. The van der Waals surface area contributed by atoms with Gasteiger partial charge in [-0.05, 0) is 57.7 Å². The summed E-state index contributed by atoms with van der Waals surface area (Å²) >= 11 is 0. The van der Waals surface area contributed by atoms with Crippen LogP contribution in [-0.2, 0) is 16.0 Å². The molecule has 1 saturated heterocycles. The molecule has 6 N–H and O–H groups in total. The Labute approximate surface area is 206 Å². The van der Waals surface area contributed by atoms with E-state index < -0.39 is 69.5 Å². The Morgan fingerprint density at radius 2 is 2.00 bits per heavy atom. The summed E-state index contributed by atoms with van der Waals surface area (Å²) in [5.74, 6) is -7.23. The van der Waals surface area contributed by atoms with Crippen molar-refractivity contribution in [1.29, 1.82) is 0 Å². The number of halogens is 1. The minimum Gasteiger partial charge on any atom is -0.510 e. The zero-order chi connectivity index (χ0) is 26.1. The van der Waals surface area contributed by atoms with Crippen LogP contribution in [0.25, 0.3) is 0 Å². The first-order chi connectivity index (χ1) is 17.0. The molecule has 192 valence electrons. The molecule has 0 saturated carbocycles. The van der Waals surface area contributed by atoms with E-state index in [9.17, 15) is 34.8 Å². The number of rotatable bonds is 4. The number of fused-ring (bicyclic) bond motifs is 3. The van der Waals surface area contributed by atoms with Crippen LogP contribution >= 0.6 is 0 Å². The first kappa shape index (κ1) is 24.6. The normalized spacial score (nSPS) is 31.9. The van der Waals surface area contributed by atoms with Gasteiger partial charge < -0.3 is 31.1 Å². The molecule has 0 aromatic heterocycles. The first-order valence-electron chi connectivity index (χ1n) is 12.2. The van der Waals surface area contributed by atoms with Gasteiger partial charge in [-0.2, -0.15) is 0 Å². The fourth-order valence-electron chi connectivity index (χ4n) is 6.50. The Kier molecular flexibility index (Phi) is 5.81. The Morgan fingerprint density at radius 1 is 1.28 bits per heavy atom. The minimum absolute atomic E-state index is 0.0296. The van der Waals surface area contributed by atoms with E-state index in [1.54, 1.807) is 6.92 Å². The second-order valence-corrected chi connectivity index (χ2v) is 10.1. The highest BCUT2D eigenvalue weighted by Gasteiger charge is 2.62. The molecule has 0 spiro atoms. The Hall–Kier alpha value is -3.08. The maximum atomic E-state index is 15.7. The van der Waals surface area contributed by atoms with E-state index in [1.165, 1.54) is 6.07 Å². The van der Waals surface area contributed by atoms with E-state index in [2.05, 4.69) is 10.6 Å². The number of carbonyl (C=O) groups is 3. The fraction of sp³-hybridized carbons (Fsp3) is 0.500. The number of nitrogens with one attached hydrogen (secondary N) is 2. The molecule has 36 heavy (non-hydrogen) atoms. The van der Waals surface area contributed by atoms with Crippen molar-refractivity contribution in [3.8, 4) is 5.75 Å². The molecule has 5 atom stereocenters. The third-order valence-electron chi connectivity index (χ3n) is 8.13. The van der Waals surface area contributed by atoms with Crippen LogP contribution in [0.2, 0.25) is 0 Å².